The molecule has 0 saturated carbocycles. The Balaban J connectivity index is 1.76. The van der Waals surface area contributed by atoms with E-state index in [4.69, 9.17) is 15.6 Å². The van der Waals surface area contributed by atoms with Gasteiger partial charge in [-0.15, -0.1) is 0 Å². The lowest BCUT2D eigenvalue weighted by Gasteiger charge is -2.08. The lowest BCUT2D eigenvalue weighted by molar-refractivity contribution is -0.123. The van der Waals surface area contributed by atoms with Gasteiger partial charge in [-0.2, -0.15) is 0 Å². The molecule has 5 nitrogen and oxygen atoms in total. The number of hydrogen-bond donors (Lipinski definition) is 3. The molecule has 4 N–H and O–H groups in total. The number of nitrogens with two attached hydrogens (primary N) is 1. The van der Waals surface area contributed by atoms with E-state index in [-0.39, 0.29) is 19.1 Å². The van der Waals surface area contributed by atoms with E-state index in [1.807, 2.05) is 24.3 Å². The average Bonchev–Trinajstić information content (AvgIpc) is 2.51. The molecule has 0 aliphatic rings. The standard InChI is InChI=1S/C16H18N2O3/c17-14-2-1-3-15(8-14)21-11-16(20)18-9-12-4-6-13(10-19)7-5-12/h1-8,19H,9-11,17H2,(H,18,20). The number of amides is 1. The lowest BCUT2D eigenvalue weighted by Crippen LogP contribution is -2.28. The highest BCUT2D eigenvalue weighted by atomic mass is 16.5. The molecule has 0 bridgehead atoms. The summed E-state index contributed by atoms with van der Waals surface area (Å²) in [6, 6.07) is 14.3. The van der Waals surface area contributed by atoms with Crippen LogP contribution in [0.15, 0.2) is 48.5 Å². The van der Waals surface area contributed by atoms with Crippen LogP contribution in [0.5, 0.6) is 5.75 Å². The molecule has 0 saturated heterocycles. The van der Waals surface area contributed by atoms with Crippen LogP contribution in [0.25, 0.3) is 0 Å². The quantitative estimate of drug-likeness (QED) is 0.702. The first-order chi connectivity index (χ1) is 10.2. The van der Waals surface area contributed by atoms with E-state index in [1.165, 1.54) is 0 Å². The van der Waals surface area contributed by atoms with Crippen molar-refractivity contribution in [1.29, 1.82) is 0 Å². The van der Waals surface area contributed by atoms with Crippen LogP contribution in [0.1, 0.15) is 11.1 Å². The summed E-state index contributed by atoms with van der Waals surface area (Å²) >= 11 is 0. The second-order valence-electron chi connectivity index (χ2n) is 4.61. The topological polar surface area (TPSA) is 84.6 Å². The van der Waals surface area contributed by atoms with Crippen LogP contribution in [0.3, 0.4) is 0 Å². The number of ether oxygens (including phenoxy) is 1. The number of hydrogen-bond acceptors (Lipinski definition) is 4. The Morgan fingerprint density at radius 2 is 1.86 bits per heavy atom. The fourth-order valence-corrected chi connectivity index (χ4v) is 1.77. The van der Waals surface area contributed by atoms with Crippen LogP contribution in [0, 0.1) is 0 Å². The molecule has 1 amide bonds. The van der Waals surface area contributed by atoms with Crippen molar-refractivity contribution in [2.75, 3.05) is 12.3 Å². The largest absolute Gasteiger partial charge is 0.484 e. The van der Waals surface area contributed by atoms with Gasteiger partial charge in [0.1, 0.15) is 5.75 Å². The number of carbonyl (C=O) groups excluding carboxylic acids is 1. The zero-order valence-corrected chi connectivity index (χ0v) is 11.6. The van der Waals surface area contributed by atoms with Gasteiger partial charge in [-0.1, -0.05) is 30.3 Å². The van der Waals surface area contributed by atoms with Crippen LogP contribution >= 0.6 is 0 Å². The molecule has 2 rings (SSSR count). The summed E-state index contributed by atoms with van der Waals surface area (Å²) in [4.78, 5) is 11.7. The fourth-order valence-electron chi connectivity index (χ4n) is 1.77. The maximum absolute atomic E-state index is 11.7. The van der Waals surface area contributed by atoms with E-state index in [0.29, 0.717) is 18.0 Å². The van der Waals surface area contributed by atoms with Crippen LogP contribution in [-0.2, 0) is 17.9 Å². The Hall–Kier alpha value is -2.53. The van der Waals surface area contributed by atoms with Crippen molar-refractivity contribution in [1.82, 2.24) is 5.32 Å². The molecule has 0 spiro atoms. The minimum absolute atomic E-state index is 0.0146. The molecule has 2 aromatic carbocycles. The zero-order valence-electron chi connectivity index (χ0n) is 11.6. The van der Waals surface area contributed by atoms with E-state index in [2.05, 4.69) is 5.32 Å². The zero-order chi connectivity index (χ0) is 15.1. The van der Waals surface area contributed by atoms with Crippen LogP contribution in [0.4, 0.5) is 5.69 Å². The van der Waals surface area contributed by atoms with Gasteiger partial charge < -0.3 is 20.9 Å². The average molecular weight is 286 g/mol. The minimum atomic E-state index is -0.205. The van der Waals surface area contributed by atoms with Crippen molar-refractivity contribution in [2.24, 2.45) is 0 Å². The molecule has 0 aliphatic carbocycles. The van der Waals surface area contributed by atoms with Gasteiger partial charge >= 0.3 is 0 Å². The van der Waals surface area contributed by atoms with Gasteiger partial charge in [0.2, 0.25) is 0 Å². The van der Waals surface area contributed by atoms with E-state index >= 15 is 0 Å². The first kappa shape index (κ1) is 14.9. The normalized spacial score (nSPS) is 10.1. The Morgan fingerprint density at radius 3 is 2.52 bits per heavy atom. The SMILES string of the molecule is Nc1cccc(OCC(=O)NCc2ccc(CO)cc2)c1. The predicted molar refractivity (Wildman–Crippen MR) is 80.6 cm³/mol. The Morgan fingerprint density at radius 1 is 1.14 bits per heavy atom. The number of anilines is 1. The maximum atomic E-state index is 11.7. The van der Waals surface area contributed by atoms with E-state index < -0.39 is 0 Å². The Labute approximate surface area is 123 Å². The summed E-state index contributed by atoms with van der Waals surface area (Å²) < 4.78 is 5.35. The highest BCUT2D eigenvalue weighted by Crippen LogP contribution is 2.14. The molecular formula is C16H18N2O3. The smallest absolute Gasteiger partial charge is 0.258 e. The molecule has 0 radical (unpaired) electrons. The summed E-state index contributed by atoms with van der Waals surface area (Å²) in [7, 11) is 0. The van der Waals surface area contributed by atoms with Gasteiger partial charge in [-0.05, 0) is 23.3 Å². The van der Waals surface area contributed by atoms with Gasteiger partial charge in [0.15, 0.2) is 6.61 Å². The van der Waals surface area contributed by atoms with Gasteiger partial charge in [0, 0.05) is 18.3 Å². The fraction of sp³-hybridized carbons (Fsp3) is 0.188. The summed E-state index contributed by atoms with van der Waals surface area (Å²) in [5, 5.41) is 11.7. The summed E-state index contributed by atoms with van der Waals surface area (Å²) in [5.41, 5.74) is 8.02. The van der Waals surface area contributed by atoms with Gasteiger partial charge in [-0.3, -0.25) is 4.79 Å². The van der Waals surface area contributed by atoms with Crippen molar-refractivity contribution in [3.63, 3.8) is 0 Å². The van der Waals surface area contributed by atoms with Crippen molar-refractivity contribution >= 4 is 11.6 Å². The molecule has 2 aromatic rings. The molecule has 5 heteroatoms. The third kappa shape index (κ3) is 4.81. The van der Waals surface area contributed by atoms with Crippen molar-refractivity contribution in [2.45, 2.75) is 13.2 Å². The third-order valence-corrected chi connectivity index (χ3v) is 2.92. The molecule has 0 heterocycles. The third-order valence-electron chi connectivity index (χ3n) is 2.92. The second-order valence-corrected chi connectivity index (χ2v) is 4.61. The van der Waals surface area contributed by atoms with Crippen molar-refractivity contribution in [3.8, 4) is 5.75 Å². The van der Waals surface area contributed by atoms with E-state index in [9.17, 15) is 4.79 Å². The van der Waals surface area contributed by atoms with Gasteiger partial charge in [0.25, 0.3) is 5.91 Å². The summed E-state index contributed by atoms with van der Waals surface area (Å²) in [5.74, 6) is 0.362. The molecule has 0 aliphatic heterocycles. The first-order valence-electron chi connectivity index (χ1n) is 6.61. The highest BCUT2D eigenvalue weighted by molar-refractivity contribution is 5.77. The van der Waals surface area contributed by atoms with Crippen LogP contribution in [-0.4, -0.2) is 17.6 Å². The monoisotopic (exact) mass is 286 g/mol. The lowest BCUT2D eigenvalue weighted by atomic mass is 10.1. The Kier molecular flexibility index (Phi) is 5.17. The maximum Gasteiger partial charge on any atom is 0.258 e. The Bertz CT molecular complexity index is 597. The number of carbonyl (C=O) groups is 1. The van der Waals surface area contributed by atoms with E-state index in [0.717, 1.165) is 11.1 Å². The second kappa shape index (κ2) is 7.31. The van der Waals surface area contributed by atoms with Gasteiger partial charge in [-0.25, -0.2) is 0 Å². The number of benzene rings is 2. The molecule has 0 fully saturated rings. The van der Waals surface area contributed by atoms with E-state index in [1.54, 1.807) is 24.3 Å². The number of rotatable bonds is 6. The molecular weight excluding hydrogens is 268 g/mol. The number of aliphatic hydroxyl groups is 1. The highest BCUT2D eigenvalue weighted by Gasteiger charge is 2.03. The minimum Gasteiger partial charge on any atom is -0.484 e. The molecule has 110 valence electrons. The molecule has 0 atom stereocenters. The summed E-state index contributed by atoms with van der Waals surface area (Å²) in [6.07, 6.45) is 0. The molecule has 0 aromatic heterocycles. The predicted octanol–water partition coefficient (Wildman–Crippen LogP) is 1.46. The van der Waals surface area contributed by atoms with Crippen molar-refractivity contribution in [3.05, 3.63) is 59.7 Å². The molecule has 0 unspecified atom stereocenters. The van der Waals surface area contributed by atoms with Crippen LogP contribution in [0.2, 0.25) is 0 Å². The molecule has 21 heavy (non-hydrogen) atoms. The number of nitrogen functional groups attached to an aromatic ring is 1. The number of aliphatic hydroxyl groups excluding tert-OH is 1. The van der Waals surface area contributed by atoms with Crippen molar-refractivity contribution < 1.29 is 14.6 Å². The van der Waals surface area contributed by atoms with Gasteiger partial charge in [0.05, 0.1) is 6.61 Å². The van der Waals surface area contributed by atoms with Crippen LogP contribution < -0.4 is 15.8 Å². The summed E-state index contributed by atoms with van der Waals surface area (Å²) in [6.45, 7) is 0.379. The first-order valence-corrected chi connectivity index (χ1v) is 6.61. The number of nitrogens with one attached hydrogen (secondary N) is 1.